The third-order valence-corrected chi connectivity index (χ3v) is 4.98. The summed E-state index contributed by atoms with van der Waals surface area (Å²) < 4.78 is 10.9. The Morgan fingerprint density at radius 3 is 2.29 bits per heavy atom. The summed E-state index contributed by atoms with van der Waals surface area (Å²) in [7, 11) is 1.99. The van der Waals surface area contributed by atoms with Crippen molar-refractivity contribution in [1.29, 1.82) is 0 Å². The first kappa shape index (κ1) is 11.7. The van der Waals surface area contributed by atoms with Crippen LogP contribution in [0, 0.1) is 0 Å². The lowest BCUT2D eigenvalue weighted by Gasteiger charge is -2.20. The van der Waals surface area contributed by atoms with Crippen LogP contribution in [-0.2, 0) is 8.85 Å². The highest BCUT2D eigenvalue weighted by molar-refractivity contribution is 6.48. The van der Waals surface area contributed by atoms with Crippen LogP contribution >= 0.6 is 0 Å². The Bertz CT molecular complexity index is 242. The zero-order valence-corrected chi connectivity index (χ0v) is 10.7. The van der Waals surface area contributed by atoms with Crippen LogP contribution in [0.4, 0.5) is 0 Å². The van der Waals surface area contributed by atoms with Crippen LogP contribution in [0.5, 0.6) is 0 Å². The second-order valence-corrected chi connectivity index (χ2v) is 5.88. The maximum absolute atomic E-state index is 5.44. The molecule has 80 valence electrons. The molecule has 0 aliphatic heterocycles. The molecule has 0 fully saturated rings. The van der Waals surface area contributed by atoms with Crippen molar-refractivity contribution in [3.63, 3.8) is 0 Å². The van der Waals surface area contributed by atoms with Crippen molar-refractivity contribution in [3.8, 4) is 0 Å². The fraction of sp³-hybridized carbons (Fsp3) is 0.636. The number of hydrogen-bond donors (Lipinski definition) is 0. The van der Waals surface area contributed by atoms with Crippen LogP contribution in [0.25, 0.3) is 0 Å². The minimum atomic E-state index is -1.52. The molecule has 1 atom stereocenters. The molecule has 1 unspecified atom stereocenters. The van der Waals surface area contributed by atoms with Gasteiger partial charge in [0.2, 0.25) is 0 Å². The van der Waals surface area contributed by atoms with E-state index in [1.807, 2.05) is 0 Å². The average Bonchev–Trinajstić information content (AvgIpc) is 2.62. The van der Waals surface area contributed by atoms with Gasteiger partial charge in [-0.3, -0.25) is 0 Å². The Morgan fingerprint density at radius 2 is 1.86 bits per heavy atom. The van der Waals surface area contributed by atoms with Crippen molar-refractivity contribution >= 4 is 9.28 Å². The fourth-order valence-corrected chi connectivity index (χ4v) is 3.96. The van der Waals surface area contributed by atoms with Gasteiger partial charge in [-0.2, -0.15) is 0 Å². The van der Waals surface area contributed by atoms with Crippen molar-refractivity contribution in [2.45, 2.75) is 32.2 Å². The molecule has 1 aliphatic rings. The van der Waals surface area contributed by atoms with E-state index in [4.69, 9.17) is 8.85 Å². The molecule has 0 N–H and O–H groups in total. The average molecular weight is 212 g/mol. The van der Waals surface area contributed by atoms with Gasteiger partial charge in [0.25, 0.3) is 0 Å². The topological polar surface area (TPSA) is 18.5 Å². The molecule has 0 aromatic carbocycles. The summed E-state index contributed by atoms with van der Waals surface area (Å²) in [5.74, 6) is 0. The maximum Gasteiger partial charge on any atom is 0.332 e. The SMILES string of the molecule is CCC1=C(CC)C([SiH](OC)OC)C=C1. The highest BCUT2D eigenvalue weighted by Crippen LogP contribution is 2.36. The van der Waals surface area contributed by atoms with E-state index >= 15 is 0 Å². The van der Waals surface area contributed by atoms with Crippen molar-refractivity contribution in [2.24, 2.45) is 0 Å². The monoisotopic (exact) mass is 212 g/mol. The molecule has 2 nitrogen and oxygen atoms in total. The van der Waals surface area contributed by atoms with Gasteiger partial charge in [0.1, 0.15) is 0 Å². The predicted molar refractivity (Wildman–Crippen MR) is 61.7 cm³/mol. The summed E-state index contributed by atoms with van der Waals surface area (Å²) in [6, 6.07) is 0. The lowest BCUT2D eigenvalue weighted by atomic mass is 10.1. The largest absolute Gasteiger partial charge is 0.399 e. The smallest absolute Gasteiger partial charge is 0.332 e. The van der Waals surface area contributed by atoms with E-state index in [1.165, 1.54) is 11.1 Å². The molecule has 0 heterocycles. The quantitative estimate of drug-likeness (QED) is 0.652. The number of rotatable bonds is 5. The molecular weight excluding hydrogens is 192 g/mol. The molecule has 0 saturated heterocycles. The fourth-order valence-electron chi connectivity index (χ4n) is 2.11. The van der Waals surface area contributed by atoms with Gasteiger partial charge in [-0.05, 0) is 18.4 Å². The van der Waals surface area contributed by atoms with E-state index in [1.54, 1.807) is 14.2 Å². The first-order valence-corrected chi connectivity index (χ1v) is 6.85. The molecule has 0 bridgehead atoms. The van der Waals surface area contributed by atoms with Gasteiger partial charge in [-0.25, -0.2) is 0 Å². The molecule has 0 saturated carbocycles. The molecule has 3 heteroatoms. The van der Waals surface area contributed by atoms with Gasteiger partial charge in [-0.1, -0.05) is 31.6 Å². The van der Waals surface area contributed by atoms with Gasteiger partial charge in [-0.15, -0.1) is 0 Å². The third-order valence-electron chi connectivity index (χ3n) is 2.84. The van der Waals surface area contributed by atoms with E-state index in [2.05, 4.69) is 26.0 Å². The van der Waals surface area contributed by atoms with Gasteiger partial charge in [0.05, 0.1) is 0 Å². The molecule has 0 amide bonds. The van der Waals surface area contributed by atoms with Crippen LogP contribution < -0.4 is 0 Å². The Kier molecular flexibility index (Phi) is 4.58. The van der Waals surface area contributed by atoms with E-state index in [9.17, 15) is 0 Å². The number of hydrogen-bond acceptors (Lipinski definition) is 2. The van der Waals surface area contributed by atoms with Crippen LogP contribution in [-0.4, -0.2) is 23.5 Å². The lowest BCUT2D eigenvalue weighted by Crippen LogP contribution is -2.25. The molecule has 0 radical (unpaired) electrons. The van der Waals surface area contributed by atoms with Crippen molar-refractivity contribution in [1.82, 2.24) is 0 Å². The van der Waals surface area contributed by atoms with Crippen LogP contribution in [0.15, 0.2) is 23.3 Å². The standard InChI is InChI=1S/C11H20O2Si/c1-5-9-7-8-11(10(9)6-2)14(12-3)13-4/h7-8,11,14H,5-6H2,1-4H3. The third kappa shape index (κ3) is 2.16. The predicted octanol–water partition coefficient (Wildman–Crippen LogP) is 2.56. The molecule has 0 aromatic rings. The van der Waals surface area contributed by atoms with E-state index in [0.29, 0.717) is 5.54 Å². The Morgan fingerprint density at radius 1 is 1.21 bits per heavy atom. The first-order chi connectivity index (χ1) is 6.78. The normalized spacial score (nSPS) is 21.4. The Hall–Kier alpha value is -0.383. The first-order valence-electron chi connectivity index (χ1n) is 5.24. The minimum Gasteiger partial charge on any atom is -0.399 e. The van der Waals surface area contributed by atoms with Crippen molar-refractivity contribution in [2.75, 3.05) is 14.2 Å². The van der Waals surface area contributed by atoms with Crippen LogP contribution in [0.1, 0.15) is 26.7 Å². The summed E-state index contributed by atoms with van der Waals surface area (Å²) in [6.07, 6.45) is 6.71. The molecule has 14 heavy (non-hydrogen) atoms. The van der Waals surface area contributed by atoms with Crippen molar-refractivity contribution in [3.05, 3.63) is 23.3 Å². The van der Waals surface area contributed by atoms with E-state index < -0.39 is 9.28 Å². The summed E-state index contributed by atoms with van der Waals surface area (Å²) in [5, 5.41) is 0. The highest BCUT2D eigenvalue weighted by Gasteiger charge is 2.29. The summed E-state index contributed by atoms with van der Waals surface area (Å²) in [6.45, 7) is 4.41. The highest BCUT2D eigenvalue weighted by atomic mass is 28.3. The lowest BCUT2D eigenvalue weighted by molar-refractivity contribution is 0.274. The second kappa shape index (κ2) is 5.49. The van der Waals surface area contributed by atoms with Gasteiger partial charge in [0.15, 0.2) is 0 Å². The Balaban J connectivity index is 2.82. The van der Waals surface area contributed by atoms with E-state index in [0.717, 1.165) is 12.8 Å². The Labute approximate surface area is 88.5 Å². The summed E-state index contributed by atoms with van der Waals surface area (Å²) >= 11 is 0. The van der Waals surface area contributed by atoms with E-state index in [-0.39, 0.29) is 0 Å². The molecule has 0 spiro atoms. The van der Waals surface area contributed by atoms with Gasteiger partial charge in [0, 0.05) is 19.8 Å². The summed E-state index contributed by atoms with van der Waals surface area (Å²) in [4.78, 5) is 0. The molecular formula is C11H20O2Si. The van der Waals surface area contributed by atoms with Crippen LogP contribution in [0.3, 0.4) is 0 Å². The molecule has 0 aromatic heterocycles. The van der Waals surface area contributed by atoms with Crippen LogP contribution in [0.2, 0.25) is 5.54 Å². The number of allylic oxidation sites excluding steroid dienone is 4. The molecule has 1 rings (SSSR count). The second-order valence-electron chi connectivity index (χ2n) is 3.48. The summed E-state index contributed by atoms with van der Waals surface area (Å²) in [5.41, 5.74) is 3.45. The zero-order chi connectivity index (χ0) is 10.6. The minimum absolute atomic E-state index is 0.449. The maximum atomic E-state index is 5.44. The zero-order valence-electron chi connectivity index (χ0n) is 9.54. The van der Waals surface area contributed by atoms with Gasteiger partial charge < -0.3 is 8.85 Å². The van der Waals surface area contributed by atoms with Gasteiger partial charge >= 0.3 is 9.28 Å². The van der Waals surface area contributed by atoms with Crippen molar-refractivity contribution < 1.29 is 8.85 Å². The molecule has 1 aliphatic carbocycles.